The number of carbonyl (C=O) groups excluding carboxylic acids is 2. The molecule has 1 atom stereocenters. The molecule has 0 bridgehead atoms. The van der Waals surface area contributed by atoms with E-state index < -0.39 is 18.0 Å². The monoisotopic (exact) mass is 485 g/mol. The number of rotatable bonds is 10. The van der Waals surface area contributed by atoms with Crippen LogP contribution in [0, 0.1) is 0 Å². The van der Waals surface area contributed by atoms with Crippen LogP contribution in [-0.2, 0) is 0 Å². The summed E-state index contributed by atoms with van der Waals surface area (Å²) in [5.41, 5.74) is 2.06. The van der Waals surface area contributed by atoms with E-state index in [9.17, 15) is 14.7 Å². The van der Waals surface area contributed by atoms with Gasteiger partial charge in [0.25, 0.3) is 5.91 Å². The molecule has 0 saturated carbocycles. The zero-order valence-electron chi connectivity index (χ0n) is 20.6. The number of hydrogen-bond donors (Lipinski definition) is 2. The average Bonchev–Trinajstić information content (AvgIpc) is 3.25. The molecule has 1 amide bonds. The number of aromatic nitrogens is 1. The smallest absolute Gasteiger partial charge is 0.343 e. The molecule has 186 valence electrons. The predicted octanol–water partition coefficient (Wildman–Crippen LogP) is 4.28. The summed E-state index contributed by atoms with van der Waals surface area (Å²) in [5.74, 6) is -0.814. The molecule has 1 aromatic heterocycles. The van der Waals surface area contributed by atoms with Gasteiger partial charge >= 0.3 is 5.97 Å². The van der Waals surface area contributed by atoms with Crippen molar-refractivity contribution in [2.75, 3.05) is 26.2 Å². The fourth-order valence-corrected chi connectivity index (χ4v) is 4.23. The molecule has 0 aliphatic carbocycles. The second-order valence-corrected chi connectivity index (χ2v) is 8.47. The number of amides is 1. The van der Waals surface area contributed by atoms with E-state index in [1.807, 2.05) is 74.5 Å². The Kier molecular flexibility index (Phi) is 8.15. The first kappa shape index (κ1) is 25.2. The summed E-state index contributed by atoms with van der Waals surface area (Å²) in [4.78, 5) is 28.7. The molecular formula is C29H31N3O4. The molecule has 0 radical (unpaired) electrons. The SMILES string of the molecule is CCN(CC)CC(O)CNC(=O)c1c(OC(=O)c2ccccc2)c2ccccc2n1-c1ccccc1. The van der Waals surface area contributed by atoms with Crippen molar-refractivity contribution < 1.29 is 19.4 Å². The fourth-order valence-electron chi connectivity index (χ4n) is 4.23. The van der Waals surface area contributed by atoms with Gasteiger partial charge in [0.1, 0.15) is 0 Å². The Morgan fingerprint density at radius 1 is 0.917 bits per heavy atom. The van der Waals surface area contributed by atoms with Crippen LogP contribution in [0.5, 0.6) is 5.75 Å². The summed E-state index contributed by atoms with van der Waals surface area (Å²) in [6, 6.07) is 25.5. The van der Waals surface area contributed by atoms with Gasteiger partial charge in [0, 0.05) is 24.2 Å². The third kappa shape index (κ3) is 5.48. The minimum atomic E-state index is -0.737. The summed E-state index contributed by atoms with van der Waals surface area (Å²) < 4.78 is 7.67. The first-order valence-corrected chi connectivity index (χ1v) is 12.2. The molecule has 0 saturated heterocycles. The lowest BCUT2D eigenvalue weighted by Gasteiger charge is -2.22. The summed E-state index contributed by atoms with van der Waals surface area (Å²) in [7, 11) is 0. The van der Waals surface area contributed by atoms with Crippen molar-refractivity contribution in [2.24, 2.45) is 0 Å². The number of likely N-dealkylation sites (N-methyl/N-ethyl adjacent to an activating group) is 1. The van der Waals surface area contributed by atoms with E-state index in [0.717, 1.165) is 24.3 Å². The minimum absolute atomic E-state index is 0.0672. The molecule has 1 heterocycles. The largest absolute Gasteiger partial charge is 0.420 e. The van der Waals surface area contributed by atoms with Gasteiger partial charge in [-0.2, -0.15) is 0 Å². The van der Waals surface area contributed by atoms with Crippen molar-refractivity contribution in [3.63, 3.8) is 0 Å². The number of aliphatic hydroxyl groups excluding tert-OH is 1. The molecule has 0 fully saturated rings. The summed E-state index contributed by atoms with van der Waals surface area (Å²) in [6.45, 7) is 6.19. The normalized spacial score (nSPS) is 12.0. The quantitative estimate of drug-likeness (QED) is 0.328. The van der Waals surface area contributed by atoms with Crippen LogP contribution in [0.15, 0.2) is 84.9 Å². The van der Waals surface area contributed by atoms with Crippen LogP contribution >= 0.6 is 0 Å². The van der Waals surface area contributed by atoms with Crippen molar-refractivity contribution >= 4 is 22.8 Å². The molecule has 1 unspecified atom stereocenters. The van der Waals surface area contributed by atoms with Gasteiger partial charge in [-0.05, 0) is 49.5 Å². The van der Waals surface area contributed by atoms with E-state index in [1.54, 1.807) is 28.8 Å². The van der Waals surface area contributed by atoms with Crippen molar-refractivity contribution in [1.29, 1.82) is 0 Å². The maximum atomic E-state index is 13.6. The number of hydrogen-bond acceptors (Lipinski definition) is 5. The third-order valence-corrected chi connectivity index (χ3v) is 6.12. The zero-order chi connectivity index (χ0) is 25.5. The molecular weight excluding hydrogens is 454 g/mol. The van der Waals surface area contributed by atoms with E-state index >= 15 is 0 Å². The Morgan fingerprint density at radius 3 is 2.19 bits per heavy atom. The number of nitrogens with one attached hydrogen (secondary N) is 1. The van der Waals surface area contributed by atoms with Crippen molar-refractivity contribution in [2.45, 2.75) is 20.0 Å². The van der Waals surface area contributed by atoms with E-state index in [2.05, 4.69) is 10.2 Å². The highest BCUT2D eigenvalue weighted by molar-refractivity contribution is 6.07. The Hall–Kier alpha value is -3.94. The number of fused-ring (bicyclic) bond motifs is 1. The summed E-state index contributed by atoms with van der Waals surface area (Å²) in [6.07, 6.45) is -0.737. The highest BCUT2D eigenvalue weighted by Gasteiger charge is 2.27. The van der Waals surface area contributed by atoms with Gasteiger partial charge in [0.2, 0.25) is 0 Å². The van der Waals surface area contributed by atoms with Gasteiger partial charge in [-0.1, -0.05) is 62.4 Å². The molecule has 4 aromatic rings. The fraction of sp³-hybridized carbons (Fsp3) is 0.241. The maximum absolute atomic E-state index is 13.6. The van der Waals surface area contributed by atoms with Crippen LogP contribution in [0.1, 0.15) is 34.7 Å². The Bertz CT molecular complexity index is 1310. The standard InChI is InChI=1S/C29H31N3O4/c1-3-31(4-2)20-23(33)19-30-28(34)26-27(36-29(35)21-13-7-5-8-14-21)24-17-11-12-18-25(24)32(26)22-15-9-6-10-16-22/h5-18,23,33H,3-4,19-20H2,1-2H3,(H,30,34). The Morgan fingerprint density at radius 2 is 1.53 bits per heavy atom. The number of para-hydroxylation sites is 2. The second-order valence-electron chi connectivity index (χ2n) is 8.47. The zero-order valence-corrected chi connectivity index (χ0v) is 20.6. The highest BCUT2D eigenvalue weighted by atomic mass is 16.5. The van der Waals surface area contributed by atoms with Crippen LogP contribution in [0.3, 0.4) is 0 Å². The maximum Gasteiger partial charge on any atom is 0.343 e. The van der Waals surface area contributed by atoms with Crippen LogP contribution in [0.2, 0.25) is 0 Å². The number of benzene rings is 3. The van der Waals surface area contributed by atoms with Gasteiger partial charge in [-0.15, -0.1) is 0 Å². The molecule has 2 N–H and O–H groups in total. The van der Waals surface area contributed by atoms with Crippen molar-refractivity contribution in [1.82, 2.24) is 14.8 Å². The molecule has 36 heavy (non-hydrogen) atoms. The van der Waals surface area contributed by atoms with Crippen molar-refractivity contribution in [3.8, 4) is 11.4 Å². The molecule has 0 aliphatic heterocycles. The predicted molar refractivity (Wildman–Crippen MR) is 141 cm³/mol. The number of aliphatic hydroxyl groups is 1. The summed E-state index contributed by atoms with van der Waals surface area (Å²) in [5, 5.41) is 14.0. The van der Waals surface area contributed by atoms with Gasteiger partial charge in [-0.25, -0.2) is 4.79 Å². The van der Waals surface area contributed by atoms with E-state index in [4.69, 9.17) is 4.74 Å². The topological polar surface area (TPSA) is 83.8 Å². The molecule has 4 rings (SSSR count). The number of nitrogens with zero attached hydrogens (tertiary/aromatic N) is 2. The lowest BCUT2D eigenvalue weighted by molar-refractivity contribution is 0.0732. The molecule has 0 spiro atoms. The minimum Gasteiger partial charge on any atom is -0.420 e. The number of ether oxygens (including phenoxy) is 1. The van der Waals surface area contributed by atoms with E-state index in [1.165, 1.54) is 0 Å². The third-order valence-electron chi connectivity index (χ3n) is 6.12. The van der Waals surface area contributed by atoms with Crippen LogP contribution in [-0.4, -0.2) is 58.7 Å². The Balaban J connectivity index is 1.75. The second kappa shape index (κ2) is 11.7. The molecule has 3 aromatic carbocycles. The molecule has 0 aliphatic rings. The first-order valence-electron chi connectivity index (χ1n) is 12.2. The van der Waals surface area contributed by atoms with Gasteiger partial charge in [0.05, 0.1) is 17.2 Å². The van der Waals surface area contributed by atoms with Crippen LogP contribution in [0.25, 0.3) is 16.6 Å². The number of carbonyl (C=O) groups is 2. The lowest BCUT2D eigenvalue weighted by atomic mass is 10.2. The lowest BCUT2D eigenvalue weighted by Crippen LogP contribution is -2.40. The van der Waals surface area contributed by atoms with Crippen molar-refractivity contribution in [3.05, 3.63) is 96.2 Å². The van der Waals surface area contributed by atoms with Crippen LogP contribution < -0.4 is 10.1 Å². The highest BCUT2D eigenvalue weighted by Crippen LogP contribution is 2.36. The van der Waals surface area contributed by atoms with E-state index in [-0.39, 0.29) is 18.0 Å². The van der Waals surface area contributed by atoms with Gasteiger partial charge < -0.3 is 24.6 Å². The van der Waals surface area contributed by atoms with Gasteiger partial charge in [-0.3, -0.25) is 4.79 Å². The van der Waals surface area contributed by atoms with Crippen LogP contribution in [0.4, 0.5) is 0 Å². The first-order chi connectivity index (χ1) is 17.5. The Labute approximate surface area is 210 Å². The summed E-state index contributed by atoms with van der Waals surface area (Å²) >= 11 is 0. The van der Waals surface area contributed by atoms with E-state index in [0.29, 0.717) is 17.5 Å². The number of esters is 1. The molecule has 7 heteroatoms. The average molecular weight is 486 g/mol. The van der Waals surface area contributed by atoms with Gasteiger partial charge in [0.15, 0.2) is 11.4 Å². The molecule has 7 nitrogen and oxygen atoms in total.